The first kappa shape index (κ1) is 11.2. The van der Waals surface area contributed by atoms with Crippen molar-refractivity contribution < 1.29 is 15.0 Å². The Morgan fingerprint density at radius 3 is 2.59 bits per heavy atom. The molecule has 17 heavy (non-hydrogen) atoms. The Kier molecular flexibility index (Phi) is 3.09. The van der Waals surface area contributed by atoms with Gasteiger partial charge in [-0.25, -0.2) is 0 Å². The second-order valence-corrected chi connectivity index (χ2v) is 3.71. The molecule has 1 atom stereocenters. The first-order chi connectivity index (χ1) is 8.16. The van der Waals surface area contributed by atoms with E-state index in [1.54, 1.807) is 35.3 Å². The van der Waals surface area contributed by atoms with Crippen molar-refractivity contribution in [2.24, 2.45) is 0 Å². The number of nitrogens with zero attached hydrogens (tertiary/aromatic N) is 2. The highest BCUT2D eigenvalue weighted by molar-refractivity contribution is 5.76. The standard InChI is InChI=1S/C12H12N2O3/c15-10-4-2-9(3-5-10)11(12(16)17)8-14-7-1-6-13-14/h1-7,11,15H,8H2,(H,16,17). The maximum Gasteiger partial charge on any atom is 0.312 e. The molecule has 0 aliphatic rings. The number of phenolic OH excluding ortho intramolecular Hbond substituents is 1. The van der Waals surface area contributed by atoms with Crippen molar-refractivity contribution in [3.63, 3.8) is 0 Å². The second kappa shape index (κ2) is 4.69. The summed E-state index contributed by atoms with van der Waals surface area (Å²) in [5, 5.41) is 22.3. The topological polar surface area (TPSA) is 75.3 Å². The van der Waals surface area contributed by atoms with Gasteiger partial charge in [-0.2, -0.15) is 5.10 Å². The lowest BCUT2D eigenvalue weighted by molar-refractivity contribution is -0.139. The summed E-state index contributed by atoms with van der Waals surface area (Å²) in [6, 6.07) is 7.92. The van der Waals surface area contributed by atoms with Gasteiger partial charge in [0.1, 0.15) is 11.7 Å². The Bertz CT molecular complexity index is 491. The van der Waals surface area contributed by atoms with E-state index in [9.17, 15) is 9.90 Å². The number of benzene rings is 1. The van der Waals surface area contributed by atoms with Crippen molar-refractivity contribution in [3.8, 4) is 5.75 Å². The van der Waals surface area contributed by atoms with Crippen molar-refractivity contribution >= 4 is 5.97 Å². The number of carbonyl (C=O) groups is 1. The number of aliphatic carboxylic acids is 1. The van der Waals surface area contributed by atoms with Crippen molar-refractivity contribution in [1.82, 2.24) is 9.78 Å². The fourth-order valence-electron chi connectivity index (χ4n) is 1.63. The fourth-order valence-corrected chi connectivity index (χ4v) is 1.63. The van der Waals surface area contributed by atoms with Crippen LogP contribution in [0.5, 0.6) is 5.75 Å². The molecule has 5 nitrogen and oxygen atoms in total. The molecule has 0 spiro atoms. The summed E-state index contributed by atoms with van der Waals surface area (Å²) in [6.45, 7) is 0.271. The van der Waals surface area contributed by atoms with Crippen LogP contribution in [0.25, 0.3) is 0 Å². The van der Waals surface area contributed by atoms with Gasteiger partial charge in [0.15, 0.2) is 0 Å². The van der Waals surface area contributed by atoms with Gasteiger partial charge in [0.2, 0.25) is 0 Å². The lowest BCUT2D eigenvalue weighted by Crippen LogP contribution is -2.18. The van der Waals surface area contributed by atoms with Crippen molar-refractivity contribution in [1.29, 1.82) is 0 Å². The Morgan fingerprint density at radius 2 is 2.06 bits per heavy atom. The van der Waals surface area contributed by atoms with E-state index in [0.29, 0.717) is 5.56 Å². The monoisotopic (exact) mass is 232 g/mol. The lowest BCUT2D eigenvalue weighted by atomic mass is 9.99. The average Bonchev–Trinajstić information content (AvgIpc) is 2.80. The minimum Gasteiger partial charge on any atom is -0.508 e. The number of carboxylic acid groups (broad SMARTS) is 1. The van der Waals surface area contributed by atoms with E-state index in [1.807, 2.05) is 0 Å². The average molecular weight is 232 g/mol. The molecule has 5 heteroatoms. The van der Waals surface area contributed by atoms with E-state index in [2.05, 4.69) is 5.10 Å². The molecule has 2 rings (SSSR count). The van der Waals surface area contributed by atoms with Crippen LogP contribution in [0.15, 0.2) is 42.7 Å². The first-order valence-corrected chi connectivity index (χ1v) is 5.16. The van der Waals surface area contributed by atoms with Gasteiger partial charge in [0, 0.05) is 12.4 Å². The van der Waals surface area contributed by atoms with Crippen LogP contribution in [-0.2, 0) is 11.3 Å². The quantitative estimate of drug-likeness (QED) is 0.836. The normalized spacial score (nSPS) is 12.2. The number of hydrogen-bond donors (Lipinski definition) is 2. The van der Waals surface area contributed by atoms with E-state index >= 15 is 0 Å². The number of aromatic nitrogens is 2. The van der Waals surface area contributed by atoms with Crippen LogP contribution in [0.3, 0.4) is 0 Å². The smallest absolute Gasteiger partial charge is 0.312 e. The zero-order valence-corrected chi connectivity index (χ0v) is 9.02. The number of hydrogen-bond acceptors (Lipinski definition) is 3. The van der Waals surface area contributed by atoms with Crippen LogP contribution in [0, 0.1) is 0 Å². The van der Waals surface area contributed by atoms with Gasteiger partial charge in [-0.15, -0.1) is 0 Å². The number of phenols is 1. The summed E-state index contributed by atoms with van der Waals surface area (Å²) in [7, 11) is 0. The minimum absolute atomic E-state index is 0.122. The molecule has 1 unspecified atom stereocenters. The van der Waals surface area contributed by atoms with E-state index < -0.39 is 11.9 Å². The van der Waals surface area contributed by atoms with Crippen LogP contribution < -0.4 is 0 Å². The predicted octanol–water partition coefficient (Wildman–Crippen LogP) is 1.46. The van der Waals surface area contributed by atoms with Gasteiger partial charge >= 0.3 is 5.97 Å². The van der Waals surface area contributed by atoms with Gasteiger partial charge in [-0.05, 0) is 23.8 Å². The molecule has 1 heterocycles. The molecule has 0 radical (unpaired) electrons. The molecule has 0 amide bonds. The fraction of sp³-hybridized carbons (Fsp3) is 0.167. The molecule has 0 bridgehead atoms. The highest BCUT2D eigenvalue weighted by Crippen LogP contribution is 2.20. The van der Waals surface area contributed by atoms with Crippen LogP contribution in [0.2, 0.25) is 0 Å². The van der Waals surface area contributed by atoms with Crippen LogP contribution in [0.1, 0.15) is 11.5 Å². The molecule has 2 N–H and O–H groups in total. The minimum atomic E-state index is -0.911. The molecule has 0 saturated heterocycles. The van der Waals surface area contributed by atoms with E-state index in [-0.39, 0.29) is 12.3 Å². The van der Waals surface area contributed by atoms with Gasteiger partial charge in [0.25, 0.3) is 0 Å². The van der Waals surface area contributed by atoms with Gasteiger partial charge in [-0.3, -0.25) is 9.48 Å². The summed E-state index contributed by atoms with van der Waals surface area (Å²) >= 11 is 0. The molecule has 0 aliphatic heterocycles. The van der Waals surface area contributed by atoms with Gasteiger partial charge in [-0.1, -0.05) is 12.1 Å². The maximum atomic E-state index is 11.2. The largest absolute Gasteiger partial charge is 0.508 e. The van der Waals surface area contributed by atoms with Crippen LogP contribution >= 0.6 is 0 Å². The Balaban J connectivity index is 2.23. The molecule has 1 aromatic carbocycles. The zero-order valence-electron chi connectivity index (χ0n) is 9.02. The van der Waals surface area contributed by atoms with Crippen LogP contribution in [-0.4, -0.2) is 26.0 Å². The molecular weight excluding hydrogens is 220 g/mol. The number of carboxylic acids is 1. The Hall–Kier alpha value is -2.30. The SMILES string of the molecule is O=C(O)C(Cn1cccn1)c1ccc(O)cc1. The molecule has 0 aliphatic carbocycles. The molecule has 0 fully saturated rings. The third-order valence-corrected chi connectivity index (χ3v) is 2.52. The molecule has 88 valence electrons. The van der Waals surface area contributed by atoms with Gasteiger partial charge < -0.3 is 10.2 Å². The maximum absolute atomic E-state index is 11.2. The molecule has 1 aromatic heterocycles. The predicted molar refractivity (Wildman–Crippen MR) is 60.7 cm³/mol. The molecule has 0 saturated carbocycles. The van der Waals surface area contributed by atoms with Crippen molar-refractivity contribution in [3.05, 3.63) is 48.3 Å². The van der Waals surface area contributed by atoms with E-state index in [4.69, 9.17) is 5.11 Å². The number of rotatable bonds is 4. The highest BCUT2D eigenvalue weighted by atomic mass is 16.4. The summed E-state index contributed by atoms with van der Waals surface area (Å²) < 4.78 is 1.58. The zero-order chi connectivity index (χ0) is 12.3. The van der Waals surface area contributed by atoms with Crippen molar-refractivity contribution in [2.45, 2.75) is 12.5 Å². The summed E-state index contributed by atoms with van der Waals surface area (Å²) in [6.07, 6.45) is 3.33. The Morgan fingerprint density at radius 1 is 1.35 bits per heavy atom. The Labute approximate surface area is 97.9 Å². The first-order valence-electron chi connectivity index (χ1n) is 5.16. The third kappa shape index (κ3) is 2.63. The van der Waals surface area contributed by atoms with Crippen LogP contribution in [0.4, 0.5) is 0 Å². The van der Waals surface area contributed by atoms with Crippen molar-refractivity contribution in [2.75, 3.05) is 0 Å². The van der Waals surface area contributed by atoms with E-state index in [1.165, 1.54) is 12.1 Å². The summed E-state index contributed by atoms with van der Waals surface area (Å²) in [5.74, 6) is -1.46. The lowest BCUT2D eigenvalue weighted by Gasteiger charge is -2.12. The van der Waals surface area contributed by atoms with E-state index in [0.717, 1.165) is 0 Å². The molecule has 2 aromatic rings. The third-order valence-electron chi connectivity index (χ3n) is 2.52. The second-order valence-electron chi connectivity index (χ2n) is 3.71. The van der Waals surface area contributed by atoms with Gasteiger partial charge in [0.05, 0.1) is 6.54 Å². The molecular formula is C12H12N2O3. The highest BCUT2D eigenvalue weighted by Gasteiger charge is 2.20. The number of aromatic hydroxyl groups is 1. The summed E-state index contributed by atoms with van der Waals surface area (Å²) in [4.78, 5) is 11.2. The summed E-state index contributed by atoms with van der Waals surface area (Å²) in [5.41, 5.74) is 0.644.